The van der Waals surface area contributed by atoms with Gasteiger partial charge in [0.25, 0.3) is 5.91 Å². The summed E-state index contributed by atoms with van der Waals surface area (Å²) in [5.74, 6) is 1.49. The highest BCUT2D eigenvalue weighted by Gasteiger charge is 2.27. The summed E-state index contributed by atoms with van der Waals surface area (Å²) in [6.45, 7) is 10.7. The number of alkyl halides is 1. The summed E-state index contributed by atoms with van der Waals surface area (Å²) in [5.41, 5.74) is 1.76. The van der Waals surface area contributed by atoms with Crippen molar-refractivity contribution in [3.63, 3.8) is 0 Å². The van der Waals surface area contributed by atoms with Gasteiger partial charge < -0.3 is 9.73 Å². The summed E-state index contributed by atoms with van der Waals surface area (Å²) in [5, 5.41) is 3.96. The molecule has 0 aliphatic rings. The van der Waals surface area contributed by atoms with Crippen molar-refractivity contribution in [3.8, 4) is 0 Å². The third kappa shape index (κ3) is 3.41. The molecule has 0 saturated heterocycles. The van der Waals surface area contributed by atoms with Gasteiger partial charge in [-0.05, 0) is 39.0 Å². The molecule has 3 nitrogen and oxygen atoms in total. The topological polar surface area (TPSA) is 42.2 Å². The number of rotatable bonds is 6. The molecular weight excluding hydrogens is 306 g/mol. The smallest absolute Gasteiger partial charge is 0.255 e. The highest BCUT2D eigenvalue weighted by molar-refractivity contribution is 9.09. The molecule has 0 bridgehead atoms. The number of carbonyl (C=O) groups is 1. The lowest BCUT2D eigenvalue weighted by molar-refractivity contribution is 0.0930. The second-order valence-electron chi connectivity index (χ2n) is 5.24. The van der Waals surface area contributed by atoms with Gasteiger partial charge in [0.05, 0.1) is 5.56 Å². The first-order valence-corrected chi connectivity index (χ1v) is 7.93. The number of hydrogen-bond donors (Lipinski definition) is 1. The Morgan fingerprint density at radius 1 is 1.21 bits per heavy atom. The van der Waals surface area contributed by atoms with E-state index in [-0.39, 0.29) is 11.3 Å². The maximum Gasteiger partial charge on any atom is 0.255 e. The van der Waals surface area contributed by atoms with E-state index in [0.717, 1.165) is 29.5 Å². The third-order valence-electron chi connectivity index (χ3n) is 4.20. The fourth-order valence-electron chi connectivity index (χ4n) is 2.22. The first-order chi connectivity index (χ1) is 8.90. The van der Waals surface area contributed by atoms with Crippen molar-refractivity contribution >= 4 is 21.8 Å². The van der Waals surface area contributed by atoms with Crippen molar-refractivity contribution in [1.29, 1.82) is 0 Å². The minimum absolute atomic E-state index is 0.0286. The van der Waals surface area contributed by atoms with Crippen molar-refractivity contribution in [3.05, 3.63) is 22.6 Å². The number of nitrogens with one attached hydrogen (secondary N) is 1. The normalized spacial score (nSPS) is 11.7. The Bertz CT molecular complexity index is 439. The molecular formula is C15H24BrNO2. The van der Waals surface area contributed by atoms with Gasteiger partial charge >= 0.3 is 0 Å². The average Bonchev–Trinajstić information content (AvgIpc) is 2.65. The first kappa shape index (κ1) is 16.3. The van der Waals surface area contributed by atoms with E-state index in [1.807, 2.05) is 20.8 Å². The van der Waals surface area contributed by atoms with Crippen LogP contribution in [0.5, 0.6) is 0 Å². The molecule has 0 atom stereocenters. The van der Waals surface area contributed by atoms with E-state index in [9.17, 15) is 4.79 Å². The maximum atomic E-state index is 12.3. The Balaban J connectivity index is 2.81. The lowest BCUT2D eigenvalue weighted by Gasteiger charge is -2.29. The Labute approximate surface area is 124 Å². The molecule has 0 fully saturated rings. The molecule has 1 rings (SSSR count). The zero-order valence-electron chi connectivity index (χ0n) is 12.5. The second kappa shape index (κ2) is 6.60. The van der Waals surface area contributed by atoms with Crippen LogP contribution in [-0.2, 0) is 0 Å². The number of furan rings is 1. The molecule has 0 radical (unpaired) electrons. The van der Waals surface area contributed by atoms with Crippen LogP contribution in [0.2, 0.25) is 0 Å². The summed E-state index contributed by atoms with van der Waals surface area (Å²) in [4.78, 5) is 12.3. The number of halogens is 1. The molecule has 1 aromatic heterocycles. The second-order valence-corrected chi connectivity index (χ2v) is 5.80. The van der Waals surface area contributed by atoms with Crippen LogP contribution in [0.15, 0.2) is 4.42 Å². The minimum Gasteiger partial charge on any atom is -0.466 e. The SMILES string of the molecule is CCC(CC)(CBr)CNC(=O)c1c(C)oc(C)c1C. The van der Waals surface area contributed by atoms with Gasteiger partial charge in [0.2, 0.25) is 0 Å². The quantitative estimate of drug-likeness (QED) is 0.797. The van der Waals surface area contributed by atoms with Gasteiger partial charge in [-0.2, -0.15) is 0 Å². The molecule has 1 heterocycles. The van der Waals surface area contributed by atoms with Crippen molar-refractivity contribution in [1.82, 2.24) is 5.32 Å². The summed E-state index contributed by atoms with van der Waals surface area (Å²) >= 11 is 3.56. The van der Waals surface area contributed by atoms with Gasteiger partial charge in [-0.25, -0.2) is 0 Å². The highest BCUT2D eigenvalue weighted by atomic mass is 79.9. The molecule has 108 valence electrons. The molecule has 1 amide bonds. The maximum absolute atomic E-state index is 12.3. The Morgan fingerprint density at radius 3 is 2.16 bits per heavy atom. The number of hydrogen-bond acceptors (Lipinski definition) is 2. The Kier molecular flexibility index (Phi) is 5.65. The largest absolute Gasteiger partial charge is 0.466 e. The highest BCUT2D eigenvalue weighted by Crippen LogP contribution is 2.28. The molecule has 0 saturated carbocycles. The van der Waals surface area contributed by atoms with Gasteiger partial charge in [-0.1, -0.05) is 29.8 Å². The number of aryl methyl sites for hydroxylation is 2. The molecule has 4 heteroatoms. The van der Waals surface area contributed by atoms with Crippen LogP contribution >= 0.6 is 15.9 Å². The third-order valence-corrected chi connectivity index (χ3v) is 5.39. The molecule has 0 aliphatic carbocycles. The van der Waals surface area contributed by atoms with E-state index in [0.29, 0.717) is 17.9 Å². The van der Waals surface area contributed by atoms with Crippen molar-refractivity contribution < 1.29 is 9.21 Å². The van der Waals surface area contributed by atoms with Crippen LogP contribution in [0.1, 0.15) is 54.1 Å². The zero-order valence-corrected chi connectivity index (χ0v) is 14.1. The fourth-order valence-corrected chi connectivity index (χ4v) is 3.21. The van der Waals surface area contributed by atoms with Crippen molar-refractivity contribution in [2.45, 2.75) is 47.5 Å². The fraction of sp³-hybridized carbons (Fsp3) is 0.667. The number of amides is 1. The first-order valence-electron chi connectivity index (χ1n) is 6.81. The average molecular weight is 330 g/mol. The van der Waals surface area contributed by atoms with E-state index in [1.165, 1.54) is 0 Å². The monoisotopic (exact) mass is 329 g/mol. The van der Waals surface area contributed by atoms with Gasteiger partial charge in [-0.15, -0.1) is 0 Å². The van der Waals surface area contributed by atoms with Crippen molar-refractivity contribution in [2.24, 2.45) is 5.41 Å². The summed E-state index contributed by atoms with van der Waals surface area (Å²) in [6.07, 6.45) is 2.08. The van der Waals surface area contributed by atoms with Crippen LogP contribution in [0.4, 0.5) is 0 Å². The van der Waals surface area contributed by atoms with Gasteiger partial charge in [-0.3, -0.25) is 4.79 Å². The standard InChI is InChI=1S/C15H24BrNO2/c1-6-15(7-2,8-16)9-17-14(18)13-10(3)11(4)19-12(13)5/h6-9H2,1-5H3,(H,17,18). The lowest BCUT2D eigenvalue weighted by atomic mass is 9.84. The Morgan fingerprint density at radius 2 is 1.79 bits per heavy atom. The van der Waals surface area contributed by atoms with E-state index in [1.54, 1.807) is 0 Å². The van der Waals surface area contributed by atoms with Crippen LogP contribution in [0.25, 0.3) is 0 Å². The van der Waals surface area contributed by atoms with Crippen LogP contribution < -0.4 is 5.32 Å². The number of carbonyl (C=O) groups excluding carboxylic acids is 1. The Hall–Kier alpha value is -0.770. The predicted molar refractivity (Wildman–Crippen MR) is 82.1 cm³/mol. The summed E-state index contributed by atoms with van der Waals surface area (Å²) in [6, 6.07) is 0. The van der Waals surface area contributed by atoms with Gasteiger partial charge in [0.1, 0.15) is 11.5 Å². The molecule has 19 heavy (non-hydrogen) atoms. The van der Waals surface area contributed by atoms with E-state index in [2.05, 4.69) is 35.1 Å². The molecule has 0 aliphatic heterocycles. The van der Waals surface area contributed by atoms with E-state index < -0.39 is 0 Å². The minimum atomic E-state index is -0.0286. The molecule has 1 N–H and O–H groups in total. The summed E-state index contributed by atoms with van der Waals surface area (Å²) in [7, 11) is 0. The molecule has 0 unspecified atom stereocenters. The van der Waals surface area contributed by atoms with E-state index >= 15 is 0 Å². The zero-order chi connectivity index (χ0) is 14.6. The van der Waals surface area contributed by atoms with Crippen LogP contribution in [-0.4, -0.2) is 17.8 Å². The molecule has 0 spiro atoms. The van der Waals surface area contributed by atoms with Crippen LogP contribution in [0.3, 0.4) is 0 Å². The van der Waals surface area contributed by atoms with Gasteiger partial charge in [0.15, 0.2) is 0 Å². The lowest BCUT2D eigenvalue weighted by Crippen LogP contribution is -2.38. The molecule has 0 aromatic carbocycles. The predicted octanol–water partition coefficient (Wildman–Crippen LogP) is 4.14. The van der Waals surface area contributed by atoms with Crippen LogP contribution in [0, 0.1) is 26.2 Å². The molecule has 1 aromatic rings. The summed E-state index contributed by atoms with van der Waals surface area (Å²) < 4.78 is 5.51. The van der Waals surface area contributed by atoms with Crippen molar-refractivity contribution in [2.75, 3.05) is 11.9 Å². The van der Waals surface area contributed by atoms with Gasteiger partial charge in [0, 0.05) is 17.4 Å². The van der Waals surface area contributed by atoms with E-state index in [4.69, 9.17) is 4.42 Å².